The highest BCUT2D eigenvalue weighted by Crippen LogP contribution is 2.22. The highest BCUT2D eigenvalue weighted by Gasteiger charge is 2.08. The lowest BCUT2D eigenvalue weighted by atomic mass is 10.3. The molecule has 0 radical (unpaired) electrons. The van der Waals surface area contributed by atoms with Gasteiger partial charge in [-0.05, 0) is 31.2 Å². The second kappa shape index (κ2) is 4.13. The first kappa shape index (κ1) is 11.3. The third kappa shape index (κ3) is 2.01. The summed E-state index contributed by atoms with van der Waals surface area (Å²) in [6, 6.07) is 7.82. The van der Waals surface area contributed by atoms with Crippen LogP contribution in [-0.4, -0.2) is 24.7 Å². The van der Waals surface area contributed by atoms with Crippen LogP contribution in [0.1, 0.15) is 5.82 Å². The number of rotatable bonds is 2. The number of benzene rings is 1. The van der Waals surface area contributed by atoms with Crippen molar-refractivity contribution in [2.45, 2.75) is 6.92 Å². The molecule has 19 heavy (non-hydrogen) atoms. The van der Waals surface area contributed by atoms with Crippen LogP contribution in [0.2, 0.25) is 0 Å². The molecule has 0 saturated carbocycles. The number of hydrogen-bond acceptors (Lipinski definition) is 5. The smallest absolute Gasteiger partial charge is 0.349 e. The van der Waals surface area contributed by atoms with Gasteiger partial charge in [0.1, 0.15) is 17.3 Å². The topological polar surface area (TPSA) is 92.5 Å². The lowest BCUT2D eigenvalue weighted by Crippen LogP contribution is -2.13. The lowest BCUT2D eigenvalue weighted by molar-refractivity contribution is 0.452. The zero-order valence-electron chi connectivity index (χ0n) is 9.99. The first-order valence-corrected chi connectivity index (χ1v) is 5.55. The number of H-pyrrole nitrogens is 1. The van der Waals surface area contributed by atoms with Crippen LogP contribution in [-0.2, 0) is 0 Å². The standard InChI is InChI=1S/C12H10N4O3/c1-7-13-11(6-10-14-15-12(18)16(7)10)19-9-4-2-8(17)3-5-9/h2-6,17H,1H3,(H,15,18). The number of aromatic nitrogens is 4. The van der Waals surface area contributed by atoms with E-state index in [1.54, 1.807) is 25.1 Å². The molecule has 1 aromatic carbocycles. The quantitative estimate of drug-likeness (QED) is 0.721. The number of aryl methyl sites for hydroxylation is 1. The molecule has 0 aliphatic carbocycles. The van der Waals surface area contributed by atoms with E-state index in [0.29, 0.717) is 23.1 Å². The van der Waals surface area contributed by atoms with Crippen LogP contribution >= 0.6 is 0 Å². The van der Waals surface area contributed by atoms with Crippen molar-refractivity contribution in [1.29, 1.82) is 0 Å². The summed E-state index contributed by atoms with van der Waals surface area (Å²) >= 11 is 0. The molecule has 0 aliphatic heterocycles. The van der Waals surface area contributed by atoms with Gasteiger partial charge in [0.05, 0.1) is 0 Å². The average Bonchev–Trinajstić information content (AvgIpc) is 2.74. The molecule has 0 fully saturated rings. The SMILES string of the molecule is Cc1nc(Oc2ccc(O)cc2)cc2n[nH]c(=O)n12. The summed E-state index contributed by atoms with van der Waals surface area (Å²) in [5, 5.41) is 15.4. The van der Waals surface area contributed by atoms with Gasteiger partial charge in [-0.1, -0.05) is 0 Å². The number of fused-ring (bicyclic) bond motifs is 1. The van der Waals surface area contributed by atoms with Gasteiger partial charge in [-0.3, -0.25) is 0 Å². The minimum Gasteiger partial charge on any atom is -0.508 e. The molecule has 3 aromatic rings. The normalized spacial score (nSPS) is 10.8. The minimum atomic E-state index is -0.337. The van der Waals surface area contributed by atoms with Gasteiger partial charge in [0.15, 0.2) is 5.65 Å². The molecule has 0 spiro atoms. The maximum Gasteiger partial charge on any atom is 0.349 e. The molecule has 0 atom stereocenters. The van der Waals surface area contributed by atoms with E-state index >= 15 is 0 Å². The Morgan fingerprint density at radius 3 is 2.79 bits per heavy atom. The molecule has 2 N–H and O–H groups in total. The predicted molar refractivity (Wildman–Crippen MR) is 66.5 cm³/mol. The second-order valence-corrected chi connectivity index (χ2v) is 3.96. The van der Waals surface area contributed by atoms with E-state index < -0.39 is 0 Å². The Hall–Kier alpha value is -2.83. The minimum absolute atomic E-state index is 0.158. The number of phenolic OH excluding ortho intramolecular Hbond substituents is 1. The van der Waals surface area contributed by atoms with Crippen LogP contribution in [0.25, 0.3) is 5.65 Å². The van der Waals surface area contributed by atoms with E-state index in [-0.39, 0.29) is 11.4 Å². The Labute approximate surface area is 107 Å². The molecule has 0 amide bonds. The zero-order chi connectivity index (χ0) is 13.4. The second-order valence-electron chi connectivity index (χ2n) is 3.96. The van der Waals surface area contributed by atoms with E-state index in [9.17, 15) is 9.90 Å². The van der Waals surface area contributed by atoms with Gasteiger partial charge in [0, 0.05) is 6.07 Å². The summed E-state index contributed by atoms with van der Waals surface area (Å²) in [6.45, 7) is 1.69. The molecule has 96 valence electrons. The molecule has 0 unspecified atom stereocenters. The van der Waals surface area contributed by atoms with Gasteiger partial charge in [0.2, 0.25) is 5.88 Å². The van der Waals surface area contributed by atoms with Gasteiger partial charge < -0.3 is 9.84 Å². The summed E-state index contributed by atoms with van der Waals surface area (Å²) in [5.74, 6) is 1.50. The van der Waals surface area contributed by atoms with Crippen molar-refractivity contribution in [3.05, 3.63) is 46.6 Å². The number of aromatic amines is 1. The zero-order valence-corrected chi connectivity index (χ0v) is 9.99. The Bertz CT molecular complexity index is 789. The van der Waals surface area contributed by atoms with Gasteiger partial charge in [-0.15, -0.1) is 0 Å². The van der Waals surface area contributed by atoms with E-state index in [1.807, 2.05) is 0 Å². The average molecular weight is 258 g/mol. The first-order valence-electron chi connectivity index (χ1n) is 5.55. The van der Waals surface area contributed by atoms with Crippen LogP contribution in [0.4, 0.5) is 0 Å². The van der Waals surface area contributed by atoms with Gasteiger partial charge in [0.25, 0.3) is 0 Å². The van der Waals surface area contributed by atoms with E-state index in [2.05, 4.69) is 15.2 Å². The van der Waals surface area contributed by atoms with Crippen molar-refractivity contribution in [1.82, 2.24) is 19.6 Å². The molecule has 2 heterocycles. The Morgan fingerprint density at radius 2 is 2.05 bits per heavy atom. The van der Waals surface area contributed by atoms with Crippen molar-refractivity contribution in [2.75, 3.05) is 0 Å². The van der Waals surface area contributed by atoms with Crippen LogP contribution in [0, 0.1) is 6.92 Å². The molecule has 3 rings (SSSR count). The molecule has 0 aliphatic rings. The molecule has 2 aromatic heterocycles. The van der Waals surface area contributed by atoms with Gasteiger partial charge in [-0.25, -0.2) is 14.3 Å². The summed E-state index contributed by atoms with van der Waals surface area (Å²) in [7, 11) is 0. The molecule has 7 heteroatoms. The maximum absolute atomic E-state index is 11.4. The number of nitrogens with zero attached hydrogens (tertiary/aromatic N) is 3. The van der Waals surface area contributed by atoms with Crippen LogP contribution in [0.5, 0.6) is 17.4 Å². The lowest BCUT2D eigenvalue weighted by Gasteiger charge is -2.06. The highest BCUT2D eigenvalue weighted by molar-refractivity contribution is 5.42. The van der Waals surface area contributed by atoms with E-state index in [4.69, 9.17) is 4.74 Å². The molecular weight excluding hydrogens is 248 g/mol. The fourth-order valence-electron chi connectivity index (χ4n) is 1.76. The largest absolute Gasteiger partial charge is 0.508 e. The number of nitrogens with one attached hydrogen (secondary N) is 1. The fraction of sp³-hybridized carbons (Fsp3) is 0.0833. The molecule has 0 bridgehead atoms. The van der Waals surface area contributed by atoms with Crippen LogP contribution in [0.15, 0.2) is 35.1 Å². The number of phenols is 1. The third-order valence-corrected chi connectivity index (χ3v) is 2.61. The molecule has 0 saturated heterocycles. The van der Waals surface area contributed by atoms with Crippen molar-refractivity contribution in [3.63, 3.8) is 0 Å². The van der Waals surface area contributed by atoms with Crippen LogP contribution < -0.4 is 10.4 Å². The fourth-order valence-corrected chi connectivity index (χ4v) is 1.76. The monoisotopic (exact) mass is 258 g/mol. The van der Waals surface area contributed by atoms with Crippen molar-refractivity contribution in [3.8, 4) is 17.4 Å². The third-order valence-electron chi connectivity index (χ3n) is 2.61. The summed E-state index contributed by atoms with van der Waals surface area (Å²) < 4.78 is 6.89. The molecular formula is C12H10N4O3. The Morgan fingerprint density at radius 1 is 1.32 bits per heavy atom. The number of aromatic hydroxyl groups is 1. The van der Waals surface area contributed by atoms with Gasteiger partial charge >= 0.3 is 5.69 Å². The summed E-state index contributed by atoms with van der Waals surface area (Å²) in [4.78, 5) is 15.6. The Kier molecular flexibility index (Phi) is 2.45. The van der Waals surface area contributed by atoms with Crippen LogP contribution in [0.3, 0.4) is 0 Å². The Balaban J connectivity index is 2.01. The number of hydrogen-bond donors (Lipinski definition) is 2. The van der Waals surface area contributed by atoms with Crippen molar-refractivity contribution < 1.29 is 9.84 Å². The summed E-state index contributed by atoms with van der Waals surface area (Å²) in [5.41, 5.74) is 0.0995. The van der Waals surface area contributed by atoms with Crippen molar-refractivity contribution in [2.24, 2.45) is 0 Å². The van der Waals surface area contributed by atoms with E-state index in [1.165, 1.54) is 16.5 Å². The van der Waals surface area contributed by atoms with Crippen molar-refractivity contribution >= 4 is 5.65 Å². The highest BCUT2D eigenvalue weighted by atomic mass is 16.5. The number of ether oxygens (including phenoxy) is 1. The predicted octanol–water partition coefficient (Wildman–Crippen LogP) is 1.22. The van der Waals surface area contributed by atoms with E-state index in [0.717, 1.165) is 0 Å². The molecule has 7 nitrogen and oxygen atoms in total. The first-order chi connectivity index (χ1) is 9.13. The summed E-state index contributed by atoms with van der Waals surface area (Å²) in [6.07, 6.45) is 0. The maximum atomic E-state index is 11.4. The van der Waals surface area contributed by atoms with Gasteiger partial charge in [-0.2, -0.15) is 10.1 Å².